The zero-order valence-electron chi connectivity index (χ0n) is 7.87. The molecule has 0 radical (unpaired) electrons. The van der Waals surface area contributed by atoms with Crippen molar-refractivity contribution in [3.05, 3.63) is 0 Å². The van der Waals surface area contributed by atoms with E-state index in [0.717, 1.165) is 0 Å². The van der Waals surface area contributed by atoms with E-state index in [9.17, 15) is 4.79 Å². The Morgan fingerprint density at radius 3 is 2.25 bits per heavy atom. The van der Waals surface area contributed by atoms with Crippen LogP contribution < -0.4 is 0 Å². The van der Waals surface area contributed by atoms with Crippen molar-refractivity contribution in [3.63, 3.8) is 0 Å². The van der Waals surface area contributed by atoms with Crippen molar-refractivity contribution >= 4 is 6.03 Å². The third-order valence-electron chi connectivity index (χ3n) is 2.08. The molecule has 1 rings (SSSR count). The van der Waals surface area contributed by atoms with E-state index >= 15 is 0 Å². The average molecular weight is 172 g/mol. The summed E-state index contributed by atoms with van der Waals surface area (Å²) in [6.45, 7) is 7.14. The highest BCUT2D eigenvalue weighted by Crippen LogP contribution is 2.19. The van der Waals surface area contributed by atoms with Gasteiger partial charge in [0, 0.05) is 18.6 Å². The lowest BCUT2D eigenvalue weighted by atomic mass is 10.1. The Labute approximate surface area is 72.8 Å². The minimum Gasteiger partial charge on any atom is -0.376 e. The van der Waals surface area contributed by atoms with Crippen LogP contribution in [0.1, 0.15) is 20.8 Å². The van der Waals surface area contributed by atoms with Gasteiger partial charge in [0.15, 0.2) is 0 Å². The number of hydrogen-bond donors (Lipinski definition) is 1. The smallest absolute Gasteiger partial charge is 0.322 e. The first kappa shape index (κ1) is 9.32. The molecule has 0 unspecified atom stereocenters. The molecule has 1 aliphatic rings. The lowest BCUT2D eigenvalue weighted by molar-refractivity contribution is 0.120. The summed E-state index contributed by atoms with van der Waals surface area (Å²) >= 11 is 0. The molecule has 0 aliphatic carbocycles. The van der Waals surface area contributed by atoms with Crippen molar-refractivity contribution in [2.75, 3.05) is 19.8 Å². The molecule has 0 saturated carbocycles. The second kappa shape index (κ2) is 2.94. The highest BCUT2D eigenvalue weighted by molar-refractivity contribution is 5.77. The van der Waals surface area contributed by atoms with Gasteiger partial charge in [0.2, 0.25) is 0 Å². The van der Waals surface area contributed by atoms with Gasteiger partial charge in [-0.2, -0.15) is 0 Å². The molecule has 0 spiro atoms. The second-order valence-corrected chi connectivity index (χ2v) is 4.01. The summed E-state index contributed by atoms with van der Waals surface area (Å²) < 4.78 is 0. The van der Waals surface area contributed by atoms with Crippen LogP contribution in [0.15, 0.2) is 0 Å². The van der Waals surface area contributed by atoms with E-state index in [4.69, 9.17) is 5.11 Å². The molecule has 0 aromatic rings. The van der Waals surface area contributed by atoms with Crippen LogP contribution in [0.25, 0.3) is 0 Å². The highest BCUT2D eigenvalue weighted by Gasteiger charge is 2.34. The zero-order chi connectivity index (χ0) is 9.35. The van der Waals surface area contributed by atoms with Crippen molar-refractivity contribution in [2.24, 2.45) is 0 Å². The Bertz CT molecular complexity index is 186. The van der Waals surface area contributed by atoms with Gasteiger partial charge in [-0.25, -0.2) is 4.79 Å². The van der Waals surface area contributed by atoms with Crippen molar-refractivity contribution < 1.29 is 9.90 Å². The summed E-state index contributed by atoms with van der Waals surface area (Å²) in [6, 6.07) is -0.0648. The van der Waals surface area contributed by atoms with Gasteiger partial charge >= 0.3 is 6.03 Å². The fourth-order valence-electron chi connectivity index (χ4n) is 1.34. The molecule has 0 aromatic heterocycles. The molecule has 70 valence electrons. The van der Waals surface area contributed by atoms with Crippen molar-refractivity contribution in [1.29, 1.82) is 0 Å². The van der Waals surface area contributed by atoms with Crippen LogP contribution in [-0.4, -0.2) is 46.3 Å². The normalized spacial score (nSPS) is 19.2. The number of aliphatic hydroxyl groups excluding tert-OH is 1. The van der Waals surface area contributed by atoms with E-state index in [0.29, 0.717) is 13.1 Å². The molecule has 0 atom stereocenters. The summed E-state index contributed by atoms with van der Waals surface area (Å²) in [5, 5.41) is 8.80. The van der Waals surface area contributed by atoms with Crippen LogP contribution >= 0.6 is 0 Å². The number of rotatable bonds is 1. The average Bonchev–Trinajstić information content (AvgIpc) is 2.29. The third kappa shape index (κ3) is 1.53. The number of aliphatic hydroxyl groups is 1. The zero-order valence-corrected chi connectivity index (χ0v) is 7.87. The first-order valence-corrected chi connectivity index (χ1v) is 4.14. The summed E-state index contributed by atoms with van der Waals surface area (Å²) in [5.41, 5.74) is -0.138. The summed E-state index contributed by atoms with van der Waals surface area (Å²) in [4.78, 5) is 14.7. The van der Waals surface area contributed by atoms with Crippen molar-refractivity contribution in [1.82, 2.24) is 9.80 Å². The van der Waals surface area contributed by atoms with E-state index in [1.165, 1.54) is 4.90 Å². The van der Waals surface area contributed by atoms with Crippen molar-refractivity contribution in [3.8, 4) is 0 Å². The second-order valence-electron chi connectivity index (χ2n) is 4.01. The molecule has 12 heavy (non-hydrogen) atoms. The van der Waals surface area contributed by atoms with Crippen LogP contribution in [0.5, 0.6) is 0 Å². The number of carbonyl (C=O) groups is 1. The molecule has 0 bridgehead atoms. The predicted octanol–water partition coefficient (Wildman–Crippen LogP) is 0.472. The Balaban J connectivity index is 2.67. The van der Waals surface area contributed by atoms with Gasteiger partial charge in [-0.1, -0.05) is 0 Å². The van der Waals surface area contributed by atoms with E-state index in [1.807, 2.05) is 20.8 Å². The fraction of sp³-hybridized carbons (Fsp3) is 0.875. The van der Waals surface area contributed by atoms with Gasteiger partial charge in [0.1, 0.15) is 6.73 Å². The first-order valence-electron chi connectivity index (χ1n) is 4.14. The number of hydrogen-bond acceptors (Lipinski definition) is 2. The van der Waals surface area contributed by atoms with E-state index in [2.05, 4.69) is 0 Å². The van der Waals surface area contributed by atoms with Crippen LogP contribution in [0.3, 0.4) is 0 Å². The van der Waals surface area contributed by atoms with Gasteiger partial charge in [-0.3, -0.25) is 4.90 Å². The lowest BCUT2D eigenvalue weighted by Crippen LogP contribution is -2.44. The minimum atomic E-state index is -0.175. The van der Waals surface area contributed by atoms with Crippen LogP contribution in [-0.2, 0) is 0 Å². The summed E-state index contributed by atoms with van der Waals surface area (Å²) in [5.74, 6) is 0. The number of nitrogens with zero attached hydrogens (tertiary/aromatic N) is 2. The molecule has 1 aliphatic heterocycles. The van der Waals surface area contributed by atoms with Gasteiger partial charge in [0.25, 0.3) is 0 Å². The van der Waals surface area contributed by atoms with Gasteiger partial charge in [-0.15, -0.1) is 0 Å². The van der Waals surface area contributed by atoms with Gasteiger partial charge in [0.05, 0.1) is 0 Å². The van der Waals surface area contributed by atoms with E-state index in [-0.39, 0.29) is 18.3 Å². The molecule has 1 heterocycles. The molecule has 1 saturated heterocycles. The molecule has 1 fully saturated rings. The Morgan fingerprint density at radius 1 is 1.42 bits per heavy atom. The molecule has 4 nitrogen and oxygen atoms in total. The highest BCUT2D eigenvalue weighted by atomic mass is 16.3. The Kier molecular flexibility index (Phi) is 2.28. The predicted molar refractivity (Wildman–Crippen MR) is 45.6 cm³/mol. The molecule has 2 amide bonds. The summed E-state index contributed by atoms with van der Waals surface area (Å²) in [7, 11) is 0. The largest absolute Gasteiger partial charge is 0.376 e. The number of urea groups is 1. The maximum Gasteiger partial charge on any atom is 0.322 e. The van der Waals surface area contributed by atoms with Crippen LogP contribution in [0.4, 0.5) is 4.79 Å². The maximum atomic E-state index is 11.5. The van der Waals surface area contributed by atoms with E-state index < -0.39 is 0 Å². The summed E-state index contributed by atoms with van der Waals surface area (Å²) in [6.07, 6.45) is 0. The number of carbonyl (C=O) groups excluding carboxylic acids is 1. The molecular weight excluding hydrogens is 156 g/mol. The Morgan fingerprint density at radius 2 is 2.00 bits per heavy atom. The fourth-order valence-corrected chi connectivity index (χ4v) is 1.34. The monoisotopic (exact) mass is 172 g/mol. The van der Waals surface area contributed by atoms with Gasteiger partial charge in [-0.05, 0) is 20.8 Å². The topological polar surface area (TPSA) is 43.8 Å². The minimum absolute atomic E-state index is 0.0648. The molecule has 4 heteroatoms. The van der Waals surface area contributed by atoms with Gasteiger partial charge < -0.3 is 10.0 Å². The molecular formula is C8H16N2O2. The Hall–Kier alpha value is -0.770. The first-order chi connectivity index (χ1) is 5.46. The lowest BCUT2D eigenvalue weighted by Gasteiger charge is -2.31. The maximum absolute atomic E-state index is 11.5. The molecule has 1 N–H and O–H groups in total. The quantitative estimate of drug-likeness (QED) is 0.625. The SMILES string of the molecule is CC(C)(C)N1CCN(CO)C1=O. The van der Waals surface area contributed by atoms with Crippen LogP contribution in [0, 0.1) is 0 Å². The molecule has 0 aromatic carbocycles. The third-order valence-corrected chi connectivity index (χ3v) is 2.08. The van der Waals surface area contributed by atoms with Crippen molar-refractivity contribution in [2.45, 2.75) is 26.3 Å². The van der Waals surface area contributed by atoms with Crippen LogP contribution in [0.2, 0.25) is 0 Å². The number of amides is 2. The standard InChI is InChI=1S/C8H16N2O2/c1-8(2,3)10-5-4-9(6-11)7(10)12/h11H,4-6H2,1-3H3. The van der Waals surface area contributed by atoms with E-state index in [1.54, 1.807) is 4.90 Å².